The fraction of sp³-hybridized carbons (Fsp3) is 0.500. The number of sulfonamides is 1. The van der Waals surface area contributed by atoms with Crippen LogP contribution in [0.25, 0.3) is 6.08 Å². The van der Waals surface area contributed by atoms with Crippen molar-refractivity contribution in [2.24, 2.45) is 0 Å². The van der Waals surface area contributed by atoms with E-state index in [9.17, 15) is 13.2 Å². The highest BCUT2D eigenvalue weighted by molar-refractivity contribution is 7.93. The fourth-order valence-corrected chi connectivity index (χ4v) is 4.71. The fourth-order valence-electron chi connectivity index (χ4n) is 3.14. The molecule has 1 saturated carbocycles. The maximum atomic E-state index is 12.4. The summed E-state index contributed by atoms with van der Waals surface area (Å²) < 4.78 is 25.3. The number of rotatable bonds is 5. The van der Waals surface area contributed by atoms with Crippen molar-refractivity contribution in [3.05, 3.63) is 35.9 Å². The summed E-state index contributed by atoms with van der Waals surface area (Å²) in [6.07, 6.45) is 6.26. The van der Waals surface area contributed by atoms with Gasteiger partial charge in [0.15, 0.2) is 0 Å². The van der Waals surface area contributed by atoms with Crippen molar-refractivity contribution < 1.29 is 13.2 Å². The highest BCUT2D eigenvalue weighted by Crippen LogP contribution is 2.29. The van der Waals surface area contributed by atoms with Crippen LogP contribution in [0.4, 0.5) is 5.69 Å². The minimum atomic E-state index is -3.15. The van der Waals surface area contributed by atoms with E-state index in [-0.39, 0.29) is 17.7 Å². The van der Waals surface area contributed by atoms with Crippen LogP contribution >= 0.6 is 0 Å². The van der Waals surface area contributed by atoms with Crippen LogP contribution in [0.2, 0.25) is 0 Å². The number of carbonyl (C=O) groups excluding carboxylic acids is 1. The van der Waals surface area contributed by atoms with E-state index in [4.69, 9.17) is 0 Å². The van der Waals surface area contributed by atoms with Gasteiger partial charge in [0.1, 0.15) is 0 Å². The van der Waals surface area contributed by atoms with Crippen molar-refractivity contribution >= 4 is 27.7 Å². The predicted octanol–water partition coefficient (Wildman–Crippen LogP) is 2.64. The number of hydrogen-bond donors (Lipinski definition) is 0. The molecule has 1 heterocycles. The Morgan fingerprint density at radius 2 is 1.92 bits per heavy atom. The maximum absolute atomic E-state index is 12.4. The zero-order valence-corrected chi connectivity index (χ0v) is 15.0. The van der Waals surface area contributed by atoms with E-state index < -0.39 is 10.0 Å². The van der Waals surface area contributed by atoms with E-state index in [0.717, 1.165) is 18.4 Å². The molecule has 0 spiro atoms. The summed E-state index contributed by atoms with van der Waals surface area (Å²) >= 11 is 0. The van der Waals surface area contributed by atoms with Gasteiger partial charge in [-0.05, 0) is 56.9 Å². The van der Waals surface area contributed by atoms with Crippen molar-refractivity contribution in [1.82, 2.24) is 4.90 Å². The van der Waals surface area contributed by atoms with Crippen LogP contribution in [-0.2, 0) is 14.8 Å². The molecule has 0 aromatic heterocycles. The molecule has 5 nitrogen and oxygen atoms in total. The second-order valence-electron chi connectivity index (χ2n) is 6.74. The molecule has 1 aromatic rings. The summed E-state index contributed by atoms with van der Waals surface area (Å²) in [5.41, 5.74) is 1.58. The molecule has 1 aliphatic carbocycles. The van der Waals surface area contributed by atoms with Gasteiger partial charge in [-0.25, -0.2) is 8.42 Å². The van der Waals surface area contributed by atoms with Gasteiger partial charge in [-0.1, -0.05) is 12.1 Å². The van der Waals surface area contributed by atoms with Crippen molar-refractivity contribution in [1.29, 1.82) is 0 Å². The van der Waals surface area contributed by atoms with Gasteiger partial charge in [0.25, 0.3) is 0 Å². The second kappa shape index (κ2) is 6.59. The quantitative estimate of drug-likeness (QED) is 0.769. The Balaban J connectivity index is 1.69. The van der Waals surface area contributed by atoms with Gasteiger partial charge in [-0.2, -0.15) is 0 Å². The molecule has 1 aliphatic heterocycles. The van der Waals surface area contributed by atoms with Crippen LogP contribution in [0.15, 0.2) is 30.3 Å². The van der Waals surface area contributed by atoms with E-state index in [1.165, 1.54) is 4.31 Å². The molecule has 6 heteroatoms. The lowest BCUT2D eigenvalue weighted by Gasteiger charge is -2.25. The SMILES string of the molecule is CC(C)N(C(=O)/C=C/c1ccc(N2CCCS2(=O)=O)cc1)C1CC1. The van der Waals surface area contributed by atoms with Gasteiger partial charge in [-0.3, -0.25) is 9.10 Å². The number of hydrogen-bond acceptors (Lipinski definition) is 3. The van der Waals surface area contributed by atoms with E-state index in [0.29, 0.717) is 24.7 Å². The standard InChI is InChI=1S/C18H24N2O3S/c1-14(2)20(17-9-10-17)18(21)11-6-15-4-7-16(8-5-15)19-12-3-13-24(19,22)23/h4-8,11,14,17H,3,9-10,12-13H2,1-2H3/b11-6+. The summed E-state index contributed by atoms with van der Waals surface area (Å²) in [7, 11) is -3.15. The average Bonchev–Trinajstić information content (AvgIpc) is 3.28. The maximum Gasteiger partial charge on any atom is 0.247 e. The first-order chi connectivity index (χ1) is 11.4. The Morgan fingerprint density at radius 1 is 1.25 bits per heavy atom. The van der Waals surface area contributed by atoms with Crippen molar-refractivity contribution in [2.45, 2.75) is 45.2 Å². The van der Waals surface area contributed by atoms with Crippen molar-refractivity contribution in [2.75, 3.05) is 16.6 Å². The van der Waals surface area contributed by atoms with Gasteiger partial charge in [0, 0.05) is 24.7 Å². The Kier molecular flexibility index (Phi) is 4.67. The van der Waals surface area contributed by atoms with Crippen LogP contribution < -0.4 is 4.31 Å². The topological polar surface area (TPSA) is 57.7 Å². The third-order valence-electron chi connectivity index (χ3n) is 4.45. The molecule has 130 valence electrons. The molecule has 1 aromatic carbocycles. The average molecular weight is 348 g/mol. The van der Waals surface area contributed by atoms with Crippen molar-refractivity contribution in [3.63, 3.8) is 0 Å². The number of benzene rings is 1. The Morgan fingerprint density at radius 3 is 2.42 bits per heavy atom. The third-order valence-corrected chi connectivity index (χ3v) is 6.32. The van der Waals surface area contributed by atoms with E-state index in [1.807, 2.05) is 30.9 Å². The molecule has 1 amide bonds. The van der Waals surface area contributed by atoms with E-state index >= 15 is 0 Å². The molecule has 24 heavy (non-hydrogen) atoms. The molecule has 2 aliphatic rings. The van der Waals surface area contributed by atoms with E-state index in [2.05, 4.69) is 0 Å². The highest BCUT2D eigenvalue weighted by Gasteiger charge is 2.33. The number of amides is 1. The van der Waals surface area contributed by atoms with Crippen LogP contribution in [-0.4, -0.2) is 43.6 Å². The molecule has 0 unspecified atom stereocenters. The third kappa shape index (κ3) is 3.64. The van der Waals surface area contributed by atoms with Gasteiger partial charge in [0.05, 0.1) is 11.4 Å². The Hall–Kier alpha value is -1.82. The summed E-state index contributed by atoms with van der Waals surface area (Å²) in [6, 6.07) is 7.90. The number of nitrogens with zero attached hydrogens (tertiary/aromatic N) is 2. The minimum Gasteiger partial charge on any atom is -0.334 e. The lowest BCUT2D eigenvalue weighted by Crippen LogP contribution is -2.37. The van der Waals surface area contributed by atoms with Crippen LogP contribution in [0, 0.1) is 0 Å². The lowest BCUT2D eigenvalue weighted by molar-refractivity contribution is -0.128. The van der Waals surface area contributed by atoms with Crippen LogP contribution in [0.5, 0.6) is 0 Å². The molecule has 3 rings (SSSR count). The van der Waals surface area contributed by atoms with Gasteiger partial charge >= 0.3 is 0 Å². The van der Waals surface area contributed by atoms with Crippen molar-refractivity contribution in [3.8, 4) is 0 Å². The molecule has 2 fully saturated rings. The van der Waals surface area contributed by atoms with Gasteiger partial charge < -0.3 is 4.90 Å². The molecule has 0 atom stereocenters. The zero-order valence-electron chi connectivity index (χ0n) is 14.2. The lowest BCUT2D eigenvalue weighted by atomic mass is 10.2. The molecular formula is C18H24N2O3S. The predicted molar refractivity (Wildman–Crippen MR) is 96.2 cm³/mol. The summed E-state index contributed by atoms with van der Waals surface area (Å²) in [4.78, 5) is 14.3. The van der Waals surface area contributed by atoms with E-state index in [1.54, 1.807) is 24.3 Å². The monoisotopic (exact) mass is 348 g/mol. The highest BCUT2D eigenvalue weighted by atomic mass is 32.2. The summed E-state index contributed by atoms with van der Waals surface area (Å²) in [5.74, 6) is 0.258. The van der Waals surface area contributed by atoms with Gasteiger partial charge in [0.2, 0.25) is 15.9 Å². The smallest absolute Gasteiger partial charge is 0.247 e. The molecule has 0 bridgehead atoms. The first-order valence-electron chi connectivity index (χ1n) is 8.49. The summed E-state index contributed by atoms with van der Waals surface area (Å²) in [5, 5.41) is 0. The number of carbonyl (C=O) groups is 1. The normalized spacial score (nSPS) is 20.0. The first-order valence-corrected chi connectivity index (χ1v) is 10.1. The largest absolute Gasteiger partial charge is 0.334 e. The Labute approximate surface area is 144 Å². The van der Waals surface area contributed by atoms with Gasteiger partial charge in [-0.15, -0.1) is 0 Å². The minimum absolute atomic E-state index is 0.0405. The molecular weight excluding hydrogens is 324 g/mol. The van der Waals surface area contributed by atoms with Crippen LogP contribution in [0.3, 0.4) is 0 Å². The second-order valence-corrected chi connectivity index (χ2v) is 8.75. The molecule has 0 radical (unpaired) electrons. The molecule has 1 saturated heterocycles. The molecule has 0 N–H and O–H groups in total. The number of anilines is 1. The first kappa shape index (κ1) is 17.0. The summed E-state index contributed by atoms with van der Waals surface area (Å²) in [6.45, 7) is 4.62. The zero-order chi connectivity index (χ0) is 17.3. The Bertz CT molecular complexity index is 732. The van der Waals surface area contributed by atoms with Crippen LogP contribution in [0.1, 0.15) is 38.7 Å².